The van der Waals surface area contributed by atoms with E-state index < -0.39 is 34.6 Å². The number of carbonyl (C=O) groups excluding carboxylic acids is 1. The number of nitrogens with one attached hydrogen (secondary N) is 1. The molecule has 210 valence electrons. The fourth-order valence-electron chi connectivity index (χ4n) is 5.12. The van der Waals surface area contributed by atoms with Crippen molar-refractivity contribution in [3.05, 3.63) is 80.1 Å². The van der Waals surface area contributed by atoms with Gasteiger partial charge in [0.1, 0.15) is 12.3 Å². The Hall–Kier alpha value is -3.64. The van der Waals surface area contributed by atoms with Crippen molar-refractivity contribution < 1.29 is 32.6 Å². The van der Waals surface area contributed by atoms with Crippen LogP contribution < -0.4 is 5.32 Å². The maximum absolute atomic E-state index is 14.6. The first-order chi connectivity index (χ1) is 19.3. The largest absolute Gasteiger partial charge is 0.481 e. The predicted molar refractivity (Wildman–Crippen MR) is 142 cm³/mol. The number of benzene rings is 1. The van der Waals surface area contributed by atoms with E-state index in [2.05, 4.69) is 15.3 Å². The molecule has 0 saturated heterocycles. The molecule has 40 heavy (non-hydrogen) atoms. The number of aliphatic imine (C=N–C) groups is 1. The SMILES string of the molecule is CCOC(=O)C1=C([C@H]2CC[C@H](c3nc(CC(=O)O)co3)CC2)NC(c2nccs2)=NC1c1ccc(F)c(F)c1Cl. The van der Waals surface area contributed by atoms with Crippen molar-refractivity contribution in [3.63, 3.8) is 0 Å². The standard InChI is InChI=1S/C27H25ClF2N4O5S/c1-2-38-27(37)19-22(13-3-5-14(6-4-13)25-32-15(12-39-25)11-18(35)36)33-24(26-31-9-10-40-26)34-23(19)16-7-8-17(29)21(30)20(16)28/h7-10,12-14,23H,2-6,11H2,1H3,(H,33,34)(H,35,36)/t13-,14-,23?. The third-order valence-electron chi connectivity index (χ3n) is 6.95. The minimum atomic E-state index is -1.22. The highest BCUT2D eigenvalue weighted by Gasteiger charge is 2.39. The van der Waals surface area contributed by atoms with Gasteiger partial charge in [0.25, 0.3) is 0 Å². The quantitative estimate of drug-likeness (QED) is 0.257. The Balaban J connectivity index is 1.51. The van der Waals surface area contributed by atoms with E-state index in [-0.39, 0.29) is 36.0 Å². The summed E-state index contributed by atoms with van der Waals surface area (Å²) in [7, 11) is 0. The summed E-state index contributed by atoms with van der Waals surface area (Å²) in [4.78, 5) is 37.8. The molecule has 1 fully saturated rings. The maximum Gasteiger partial charge on any atom is 0.338 e. The summed E-state index contributed by atoms with van der Waals surface area (Å²) in [6.45, 7) is 1.78. The van der Waals surface area contributed by atoms with Gasteiger partial charge in [-0.2, -0.15) is 0 Å². The minimum absolute atomic E-state index is 0.0161. The molecule has 1 aliphatic heterocycles. The highest BCUT2D eigenvalue weighted by molar-refractivity contribution is 7.11. The molecule has 0 radical (unpaired) electrons. The van der Waals surface area contributed by atoms with Crippen molar-refractivity contribution in [1.29, 1.82) is 0 Å². The molecular formula is C27H25ClF2N4O5S. The zero-order valence-corrected chi connectivity index (χ0v) is 22.9. The molecule has 0 spiro atoms. The molecule has 9 nitrogen and oxygen atoms in total. The molecule has 1 unspecified atom stereocenters. The van der Waals surface area contributed by atoms with Gasteiger partial charge >= 0.3 is 11.9 Å². The van der Waals surface area contributed by atoms with E-state index >= 15 is 0 Å². The Morgan fingerprint density at radius 1 is 1.23 bits per heavy atom. The number of aromatic nitrogens is 2. The van der Waals surface area contributed by atoms with Crippen molar-refractivity contribution in [3.8, 4) is 0 Å². The second kappa shape index (κ2) is 11.8. The average Bonchev–Trinajstić information content (AvgIpc) is 3.64. The number of carbonyl (C=O) groups is 2. The van der Waals surface area contributed by atoms with Crippen LogP contribution in [0.5, 0.6) is 0 Å². The molecule has 2 N–H and O–H groups in total. The summed E-state index contributed by atoms with van der Waals surface area (Å²) in [5, 5.41) is 14.2. The number of hydrogen-bond acceptors (Lipinski definition) is 9. The van der Waals surface area contributed by atoms with Crippen LogP contribution >= 0.6 is 22.9 Å². The molecule has 0 amide bonds. The number of rotatable bonds is 8. The Morgan fingerprint density at radius 2 is 1.98 bits per heavy atom. The number of amidine groups is 1. The number of nitrogens with zero attached hydrogens (tertiary/aromatic N) is 3. The molecule has 13 heteroatoms. The number of oxazole rings is 1. The molecule has 3 heterocycles. The van der Waals surface area contributed by atoms with Gasteiger partial charge in [-0.05, 0) is 44.6 Å². The van der Waals surface area contributed by atoms with Gasteiger partial charge < -0.3 is 19.6 Å². The first-order valence-electron chi connectivity index (χ1n) is 12.7. The van der Waals surface area contributed by atoms with Gasteiger partial charge in [-0.15, -0.1) is 11.3 Å². The van der Waals surface area contributed by atoms with Gasteiger partial charge in [-0.3, -0.25) is 9.79 Å². The average molecular weight is 591 g/mol. The smallest absolute Gasteiger partial charge is 0.338 e. The topological polar surface area (TPSA) is 127 Å². The van der Waals surface area contributed by atoms with Crippen LogP contribution in [0.15, 0.2) is 50.7 Å². The summed E-state index contributed by atoms with van der Waals surface area (Å²) in [6.07, 6.45) is 5.37. The molecule has 1 saturated carbocycles. The van der Waals surface area contributed by atoms with Crippen LogP contribution in [0.2, 0.25) is 5.02 Å². The lowest BCUT2D eigenvalue weighted by Gasteiger charge is -2.34. The zero-order valence-electron chi connectivity index (χ0n) is 21.3. The lowest BCUT2D eigenvalue weighted by atomic mass is 9.78. The van der Waals surface area contributed by atoms with Gasteiger partial charge in [-0.25, -0.2) is 23.5 Å². The third-order valence-corrected chi connectivity index (χ3v) is 8.12. The van der Waals surface area contributed by atoms with Crippen LogP contribution in [0.1, 0.15) is 66.7 Å². The molecule has 5 rings (SSSR count). The molecule has 0 bridgehead atoms. The number of aliphatic carboxylic acids is 1. The van der Waals surface area contributed by atoms with Crippen molar-refractivity contribution >= 4 is 40.7 Å². The number of halogens is 3. The number of thiazole rings is 1. The second-order valence-electron chi connectivity index (χ2n) is 9.45. The fraction of sp³-hybridized carbons (Fsp3) is 0.370. The summed E-state index contributed by atoms with van der Waals surface area (Å²) < 4.78 is 39.5. The number of carboxylic acids is 1. The van der Waals surface area contributed by atoms with Gasteiger partial charge in [0.05, 0.1) is 29.3 Å². The Labute approximate surface area is 237 Å². The van der Waals surface area contributed by atoms with Crippen molar-refractivity contribution in [2.75, 3.05) is 6.61 Å². The van der Waals surface area contributed by atoms with Crippen LogP contribution in [0.25, 0.3) is 0 Å². The van der Waals surface area contributed by atoms with E-state index in [4.69, 9.17) is 30.9 Å². The minimum Gasteiger partial charge on any atom is -0.481 e. The summed E-state index contributed by atoms with van der Waals surface area (Å²) in [5.41, 5.74) is 1.25. The van der Waals surface area contributed by atoms with Crippen molar-refractivity contribution in [1.82, 2.24) is 15.3 Å². The highest BCUT2D eigenvalue weighted by atomic mass is 35.5. The number of hydrogen-bond donors (Lipinski definition) is 2. The molecule has 2 aromatic heterocycles. The summed E-state index contributed by atoms with van der Waals surface area (Å²) in [5.74, 6) is -3.23. The lowest BCUT2D eigenvalue weighted by Crippen LogP contribution is -2.38. The van der Waals surface area contributed by atoms with Crippen LogP contribution in [0.4, 0.5) is 8.78 Å². The number of carboxylic acid groups (broad SMARTS) is 1. The Kier molecular flexibility index (Phi) is 8.27. The van der Waals surface area contributed by atoms with E-state index in [1.54, 1.807) is 18.5 Å². The van der Waals surface area contributed by atoms with Gasteiger partial charge in [0, 0.05) is 28.8 Å². The van der Waals surface area contributed by atoms with Gasteiger partial charge in [0.2, 0.25) is 0 Å². The Bertz CT molecular complexity index is 1480. The maximum atomic E-state index is 14.6. The van der Waals surface area contributed by atoms with E-state index in [0.717, 1.165) is 6.07 Å². The molecule has 3 aromatic rings. The third kappa shape index (κ3) is 5.64. The number of allylic oxidation sites excluding steroid dienone is 1. The molecule has 2 aliphatic rings. The summed E-state index contributed by atoms with van der Waals surface area (Å²) in [6, 6.07) is 1.23. The predicted octanol–water partition coefficient (Wildman–Crippen LogP) is 5.57. The molecule has 1 aromatic carbocycles. The van der Waals surface area contributed by atoms with Crippen molar-refractivity contribution in [2.45, 2.75) is 51.0 Å². The molecular weight excluding hydrogens is 566 g/mol. The van der Waals surface area contributed by atoms with E-state index in [0.29, 0.717) is 53.8 Å². The van der Waals surface area contributed by atoms with Gasteiger partial charge in [-0.1, -0.05) is 17.7 Å². The number of ether oxygens (including phenoxy) is 1. The first kappa shape index (κ1) is 27.9. The van der Waals surface area contributed by atoms with E-state index in [1.165, 1.54) is 23.7 Å². The number of esters is 1. The highest BCUT2D eigenvalue weighted by Crippen LogP contribution is 2.44. The van der Waals surface area contributed by atoms with Crippen LogP contribution in [0.3, 0.4) is 0 Å². The normalized spacial score (nSPS) is 21.1. The molecule has 1 aliphatic carbocycles. The monoisotopic (exact) mass is 590 g/mol. The van der Waals surface area contributed by atoms with E-state index in [1.807, 2.05) is 0 Å². The van der Waals surface area contributed by atoms with Gasteiger partial charge in [0.15, 0.2) is 28.4 Å². The van der Waals surface area contributed by atoms with Crippen LogP contribution in [-0.2, 0) is 20.7 Å². The molecule has 1 atom stereocenters. The van der Waals surface area contributed by atoms with E-state index in [9.17, 15) is 18.4 Å². The zero-order chi connectivity index (χ0) is 28.4. The van der Waals surface area contributed by atoms with Crippen LogP contribution in [0, 0.1) is 17.6 Å². The first-order valence-corrected chi connectivity index (χ1v) is 14.0. The second-order valence-corrected chi connectivity index (χ2v) is 10.7. The van der Waals surface area contributed by atoms with Crippen molar-refractivity contribution in [2.24, 2.45) is 10.9 Å². The lowest BCUT2D eigenvalue weighted by molar-refractivity contribution is -0.139. The fourth-order valence-corrected chi connectivity index (χ4v) is 5.97. The van der Waals surface area contributed by atoms with Crippen LogP contribution in [-0.4, -0.2) is 39.5 Å². The Morgan fingerprint density at radius 3 is 2.65 bits per heavy atom. The summed E-state index contributed by atoms with van der Waals surface area (Å²) >= 11 is 7.60.